The van der Waals surface area contributed by atoms with Crippen LogP contribution in [0, 0.1) is 5.41 Å². The van der Waals surface area contributed by atoms with Crippen LogP contribution in [-0.2, 0) is 5.11 Å². The van der Waals surface area contributed by atoms with Gasteiger partial charge in [-0.2, -0.15) is 0 Å². The van der Waals surface area contributed by atoms with Crippen molar-refractivity contribution in [3.05, 3.63) is 0 Å². The predicted octanol–water partition coefficient (Wildman–Crippen LogP) is 4.58. The van der Waals surface area contributed by atoms with Gasteiger partial charge >= 0.3 is 0 Å². The van der Waals surface area contributed by atoms with Crippen LogP contribution in [0.2, 0.25) is 0 Å². The van der Waals surface area contributed by atoms with Gasteiger partial charge in [0.05, 0.1) is 6.61 Å². The zero-order chi connectivity index (χ0) is 10.9. The van der Waals surface area contributed by atoms with Crippen LogP contribution in [0.15, 0.2) is 0 Å². The number of hydrogen-bond donors (Lipinski definition) is 0. The normalized spacial score (nSPS) is 12.0. The third-order valence-electron chi connectivity index (χ3n) is 2.57. The Balaban J connectivity index is 2.99. The van der Waals surface area contributed by atoms with Gasteiger partial charge in [0, 0.05) is 0 Å². The molecule has 0 aromatic heterocycles. The van der Waals surface area contributed by atoms with Crippen LogP contribution in [0.25, 0.3) is 0 Å². The van der Waals surface area contributed by atoms with E-state index in [1.807, 2.05) is 0 Å². The summed E-state index contributed by atoms with van der Waals surface area (Å²) in [6.07, 6.45) is 10.0. The highest BCUT2D eigenvalue weighted by molar-refractivity contribution is 4.60. The minimum Gasteiger partial charge on any atom is -0.237 e. The molecule has 0 fully saturated rings. The van der Waals surface area contributed by atoms with Crippen molar-refractivity contribution in [1.82, 2.24) is 0 Å². The van der Waals surface area contributed by atoms with Crippen molar-refractivity contribution >= 4 is 0 Å². The molecule has 14 heavy (non-hydrogen) atoms. The molecular formula is C13H27O. The van der Waals surface area contributed by atoms with Crippen LogP contribution < -0.4 is 0 Å². The van der Waals surface area contributed by atoms with E-state index in [1.165, 1.54) is 38.5 Å². The van der Waals surface area contributed by atoms with Gasteiger partial charge in [-0.25, -0.2) is 5.11 Å². The van der Waals surface area contributed by atoms with E-state index < -0.39 is 0 Å². The fourth-order valence-electron chi connectivity index (χ4n) is 1.64. The fraction of sp³-hybridized carbons (Fsp3) is 1.00. The Morgan fingerprint density at radius 3 is 1.57 bits per heavy atom. The molecule has 0 bridgehead atoms. The molecule has 0 aromatic rings. The van der Waals surface area contributed by atoms with Crippen LogP contribution in [0.3, 0.4) is 0 Å². The maximum absolute atomic E-state index is 10.2. The smallest absolute Gasteiger partial charge is 0.0822 e. The lowest BCUT2D eigenvalue weighted by Gasteiger charge is -2.17. The van der Waals surface area contributed by atoms with Crippen LogP contribution >= 0.6 is 0 Å². The monoisotopic (exact) mass is 199 g/mol. The highest BCUT2D eigenvalue weighted by atomic mass is 16.2. The van der Waals surface area contributed by atoms with Crippen molar-refractivity contribution in [3.63, 3.8) is 0 Å². The number of unbranched alkanes of at least 4 members (excludes halogenated alkanes) is 6. The Labute approximate surface area is 89.9 Å². The molecule has 0 rings (SSSR count). The Morgan fingerprint density at radius 2 is 1.14 bits per heavy atom. The average Bonchev–Trinajstić information content (AvgIpc) is 2.08. The molecule has 0 unspecified atom stereocenters. The summed E-state index contributed by atoms with van der Waals surface area (Å²) < 4.78 is 0. The Hall–Kier alpha value is -0.0400. The molecule has 0 amide bonds. The summed E-state index contributed by atoms with van der Waals surface area (Å²) in [5.74, 6) is 0. The van der Waals surface area contributed by atoms with Gasteiger partial charge in [-0.3, -0.25) is 0 Å². The molecule has 0 aromatic carbocycles. The Bertz CT molecular complexity index is 113. The Morgan fingerprint density at radius 1 is 0.714 bits per heavy atom. The third-order valence-corrected chi connectivity index (χ3v) is 2.57. The van der Waals surface area contributed by atoms with E-state index in [0.29, 0.717) is 5.41 Å². The molecule has 85 valence electrons. The first-order valence-electron chi connectivity index (χ1n) is 6.14. The van der Waals surface area contributed by atoms with Gasteiger partial charge in [0.25, 0.3) is 0 Å². The van der Waals surface area contributed by atoms with Gasteiger partial charge in [-0.15, -0.1) is 0 Å². The summed E-state index contributed by atoms with van der Waals surface area (Å²) in [6.45, 7) is 7.04. The van der Waals surface area contributed by atoms with Crippen molar-refractivity contribution in [2.75, 3.05) is 6.61 Å². The van der Waals surface area contributed by atoms with Crippen molar-refractivity contribution in [2.24, 2.45) is 5.41 Å². The summed E-state index contributed by atoms with van der Waals surface area (Å²) in [5, 5.41) is 10.2. The van der Waals surface area contributed by atoms with Crippen LogP contribution in [0.5, 0.6) is 0 Å². The quantitative estimate of drug-likeness (QED) is 0.510. The van der Waals surface area contributed by atoms with Gasteiger partial charge in [-0.05, 0) is 18.3 Å². The van der Waals surface area contributed by atoms with Gasteiger partial charge in [0.2, 0.25) is 0 Å². The van der Waals surface area contributed by atoms with E-state index in [-0.39, 0.29) is 6.61 Å². The molecule has 1 heteroatoms. The maximum atomic E-state index is 10.2. The summed E-state index contributed by atoms with van der Waals surface area (Å²) in [4.78, 5) is 0. The first-order valence-corrected chi connectivity index (χ1v) is 6.14. The summed E-state index contributed by atoms with van der Waals surface area (Å²) in [5.41, 5.74) is 0.503. The third kappa shape index (κ3) is 12.0. The van der Waals surface area contributed by atoms with Crippen molar-refractivity contribution in [3.8, 4) is 0 Å². The standard InChI is InChI=1S/C13H27O/c1-13(2,3)11-9-7-5-4-6-8-10-12-14/h4-12H2,1-3H3. The highest BCUT2D eigenvalue weighted by Crippen LogP contribution is 2.22. The van der Waals surface area contributed by atoms with Gasteiger partial charge in [0.1, 0.15) is 0 Å². The SMILES string of the molecule is CC(C)(C)CCCCCCCCC[O]. The molecule has 1 nitrogen and oxygen atoms in total. The molecule has 0 saturated heterocycles. The lowest BCUT2D eigenvalue weighted by molar-refractivity contribution is 0.186. The Kier molecular flexibility index (Phi) is 8.26. The summed E-state index contributed by atoms with van der Waals surface area (Å²) in [7, 11) is 0. The second kappa shape index (κ2) is 8.28. The van der Waals surface area contributed by atoms with E-state index in [4.69, 9.17) is 0 Å². The second-order valence-corrected chi connectivity index (χ2v) is 5.49. The van der Waals surface area contributed by atoms with Crippen molar-refractivity contribution in [2.45, 2.75) is 72.1 Å². The molecule has 0 aliphatic rings. The molecule has 0 spiro atoms. The number of hydrogen-bond acceptors (Lipinski definition) is 0. The second-order valence-electron chi connectivity index (χ2n) is 5.49. The predicted molar refractivity (Wildman–Crippen MR) is 61.9 cm³/mol. The minimum absolute atomic E-state index is 0.115. The molecule has 0 aliphatic heterocycles. The topological polar surface area (TPSA) is 19.9 Å². The van der Waals surface area contributed by atoms with Crippen LogP contribution in [0.1, 0.15) is 72.1 Å². The van der Waals surface area contributed by atoms with Gasteiger partial charge in [0.15, 0.2) is 0 Å². The minimum atomic E-state index is 0.115. The maximum Gasteiger partial charge on any atom is 0.0822 e. The zero-order valence-corrected chi connectivity index (χ0v) is 10.3. The zero-order valence-electron chi connectivity index (χ0n) is 10.3. The molecule has 0 N–H and O–H groups in total. The van der Waals surface area contributed by atoms with Gasteiger partial charge < -0.3 is 0 Å². The first kappa shape index (κ1) is 14.0. The molecular weight excluding hydrogens is 172 g/mol. The number of rotatable bonds is 8. The van der Waals surface area contributed by atoms with E-state index in [2.05, 4.69) is 20.8 Å². The highest BCUT2D eigenvalue weighted by Gasteiger charge is 2.08. The van der Waals surface area contributed by atoms with Gasteiger partial charge in [-0.1, -0.05) is 59.3 Å². The average molecular weight is 199 g/mol. The first-order chi connectivity index (χ1) is 6.56. The van der Waals surface area contributed by atoms with E-state index in [9.17, 15) is 5.11 Å². The molecule has 0 atom stereocenters. The summed E-state index contributed by atoms with van der Waals surface area (Å²) >= 11 is 0. The van der Waals surface area contributed by atoms with Crippen molar-refractivity contribution < 1.29 is 5.11 Å². The lowest BCUT2D eigenvalue weighted by atomic mass is 9.89. The van der Waals surface area contributed by atoms with E-state index >= 15 is 0 Å². The fourth-order valence-corrected chi connectivity index (χ4v) is 1.64. The summed E-state index contributed by atoms with van der Waals surface area (Å²) in [6, 6.07) is 0. The van der Waals surface area contributed by atoms with E-state index in [1.54, 1.807) is 0 Å². The molecule has 1 radical (unpaired) electrons. The van der Waals surface area contributed by atoms with Crippen molar-refractivity contribution in [1.29, 1.82) is 0 Å². The van der Waals surface area contributed by atoms with E-state index in [0.717, 1.165) is 12.8 Å². The largest absolute Gasteiger partial charge is 0.237 e. The van der Waals surface area contributed by atoms with Crippen LogP contribution in [-0.4, -0.2) is 6.61 Å². The molecule has 0 aliphatic carbocycles. The molecule has 0 heterocycles. The molecule has 0 saturated carbocycles. The lowest BCUT2D eigenvalue weighted by Crippen LogP contribution is -2.03. The van der Waals surface area contributed by atoms with Crippen LogP contribution in [0.4, 0.5) is 0 Å².